The second kappa shape index (κ2) is 3.36. The molecule has 11 heavy (non-hydrogen) atoms. The van der Waals surface area contributed by atoms with Gasteiger partial charge in [0.2, 0.25) is 0 Å². The monoisotopic (exact) mass is 171 g/mol. The van der Waals surface area contributed by atoms with Crippen LogP contribution in [-0.2, 0) is 0 Å². The van der Waals surface area contributed by atoms with Gasteiger partial charge in [0, 0.05) is 0 Å². The molecule has 0 aliphatic heterocycles. The lowest BCUT2D eigenvalue weighted by Crippen LogP contribution is -2.34. The lowest BCUT2D eigenvalue weighted by molar-refractivity contribution is 0.252. The Morgan fingerprint density at radius 2 is 2.45 bits per heavy atom. The van der Waals surface area contributed by atoms with Crippen molar-refractivity contribution >= 4 is 22.4 Å². The van der Waals surface area contributed by atoms with Crippen LogP contribution in [0.5, 0.6) is 0 Å². The standard InChI is InChI=1S/C6H9N3OS/c1-4-2-3-11-5(4)8-6(10)9-7/h2-3H,7H2,1H3,(H2,8,9,10). The number of hydrazine groups is 1. The molecule has 0 atom stereocenters. The maximum atomic E-state index is 10.7. The van der Waals surface area contributed by atoms with E-state index in [2.05, 4.69) is 5.32 Å². The first-order valence-corrected chi connectivity index (χ1v) is 3.93. The van der Waals surface area contributed by atoms with Crippen LogP contribution >= 0.6 is 11.3 Å². The quantitative estimate of drug-likeness (QED) is 0.336. The maximum Gasteiger partial charge on any atom is 0.333 e. The van der Waals surface area contributed by atoms with E-state index in [4.69, 9.17) is 5.84 Å². The van der Waals surface area contributed by atoms with Gasteiger partial charge < -0.3 is 0 Å². The van der Waals surface area contributed by atoms with E-state index in [-0.39, 0.29) is 0 Å². The van der Waals surface area contributed by atoms with Gasteiger partial charge in [-0.05, 0) is 23.9 Å². The van der Waals surface area contributed by atoms with Crippen LogP contribution in [0.1, 0.15) is 5.56 Å². The van der Waals surface area contributed by atoms with Crippen LogP contribution < -0.4 is 16.6 Å². The zero-order chi connectivity index (χ0) is 8.27. The fraction of sp³-hybridized carbons (Fsp3) is 0.167. The van der Waals surface area contributed by atoms with E-state index in [9.17, 15) is 4.79 Å². The number of carbonyl (C=O) groups is 1. The van der Waals surface area contributed by atoms with Crippen LogP contribution in [0.4, 0.5) is 9.80 Å². The highest BCUT2D eigenvalue weighted by Crippen LogP contribution is 2.21. The Kier molecular flexibility index (Phi) is 2.45. The number of rotatable bonds is 1. The summed E-state index contributed by atoms with van der Waals surface area (Å²) in [7, 11) is 0. The van der Waals surface area contributed by atoms with Gasteiger partial charge in [-0.1, -0.05) is 0 Å². The second-order valence-corrected chi connectivity index (χ2v) is 2.95. The molecule has 0 spiro atoms. The Morgan fingerprint density at radius 1 is 1.73 bits per heavy atom. The summed E-state index contributed by atoms with van der Waals surface area (Å²) in [4.78, 5) is 10.7. The number of hydrogen-bond acceptors (Lipinski definition) is 3. The minimum absolute atomic E-state index is 0.393. The summed E-state index contributed by atoms with van der Waals surface area (Å²) in [6.45, 7) is 1.92. The van der Waals surface area contributed by atoms with Crippen molar-refractivity contribution in [2.75, 3.05) is 5.32 Å². The average molecular weight is 171 g/mol. The van der Waals surface area contributed by atoms with E-state index >= 15 is 0 Å². The first kappa shape index (κ1) is 8.03. The molecule has 1 aromatic heterocycles. The molecule has 0 aliphatic carbocycles. The van der Waals surface area contributed by atoms with Crippen molar-refractivity contribution in [2.45, 2.75) is 6.92 Å². The molecule has 4 nitrogen and oxygen atoms in total. The minimum Gasteiger partial charge on any atom is -0.298 e. The van der Waals surface area contributed by atoms with Crippen molar-refractivity contribution in [3.8, 4) is 0 Å². The molecule has 0 radical (unpaired) electrons. The van der Waals surface area contributed by atoms with Gasteiger partial charge in [-0.3, -0.25) is 10.7 Å². The Labute approximate surface area is 68.4 Å². The average Bonchev–Trinajstić information content (AvgIpc) is 2.37. The zero-order valence-electron chi connectivity index (χ0n) is 6.05. The number of aryl methyl sites for hydroxylation is 1. The SMILES string of the molecule is Cc1ccsc1NC(=O)NN. The molecule has 0 fully saturated rings. The van der Waals surface area contributed by atoms with Crippen molar-refractivity contribution in [1.29, 1.82) is 0 Å². The smallest absolute Gasteiger partial charge is 0.298 e. The molecule has 0 unspecified atom stereocenters. The third-order valence-corrected chi connectivity index (χ3v) is 2.15. The summed E-state index contributed by atoms with van der Waals surface area (Å²) in [6, 6.07) is 1.53. The number of hydrogen-bond donors (Lipinski definition) is 3. The fourth-order valence-corrected chi connectivity index (χ4v) is 1.45. The summed E-state index contributed by atoms with van der Waals surface area (Å²) in [5, 5.41) is 5.31. The molecule has 0 bridgehead atoms. The Hall–Kier alpha value is -1.07. The van der Waals surface area contributed by atoms with Crippen molar-refractivity contribution in [2.24, 2.45) is 5.84 Å². The first-order valence-electron chi connectivity index (χ1n) is 3.05. The van der Waals surface area contributed by atoms with Gasteiger partial charge in [-0.15, -0.1) is 11.3 Å². The molecular formula is C6H9N3OS. The summed E-state index contributed by atoms with van der Waals surface area (Å²) in [6.07, 6.45) is 0. The molecular weight excluding hydrogens is 162 g/mol. The number of thiophene rings is 1. The van der Waals surface area contributed by atoms with E-state index in [0.29, 0.717) is 0 Å². The number of nitrogens with one attached hydrogen (secondary N) is 2. The molecule has 2 amide bonds. The molecule has 4 N–H and O–H groups in total. The molecule has 0 saturated carbocycles. The van der Waals surface area contributed by atoms with Crippen molar-refractivity contribution < 1.29 is 4.79 Å². The minimum atomic E-state index is -0.393. The van der Waals surface area contributed by atoms with Gasteiger partial charge in [0.25, 0.3) is 0 Å². The highest BCUT2D eigenvalue weighted by Gasteiger charge is 2.01. The summed E-state index contributed by atoms with van der Waals surface area (Å²) >= 11 is 1.47. The molecule has 1 rings (SSSR count). The lowest BCUT2D eigenvalue weighted by Gasteiger charge is -2.00. The molecule has 1 heterocycles. The van der Waals surface area contributed by atoms with E-state index in [1.807, 2.05) is 23.8 Å². The summed E-state index contributed by atoms with van der Waals surface area (Å²) in [5.74, 6) is 4.88. The normalized spacial score (nSPS) is 9.27. The van der Waals surface area contributed by atoms with Gasteiger partial charge in [0.1, 0.15) is 0 Å². The maximum absolute atomic E-state index is 10.7. The van der Waals surface area contributed by atoms with Crippen molar-refractivity contribution in [3.05, 3.63) is 17.0 Å². The van der Waals surface area contributed by atoms with E-state index in [1.54, 1.807) is 0 Å². The fourth-order valence-electron chi connectivity index (χ4n) is 0.640. The number of nitrogens with two attached hydrogens (primary N) is 1. The van der Waals surface area contributed by atoms with Gasteiger partial charge in [0.15, 0.2) is 0 Å². The molecule has 0 aliphatic rings. The molecule has 5 heteroatoms. The van der Waals surface area contributed by atoms with Gasteiger partial charge in [-0.25, -0.2) is 10.6 Å². The highest BCUT2D eigenvalue weighted by atomic mass is 32.1. The molecule has 60 valence electrons. The predicted octanol–water partition coefficient (Wildman–Crippen LogP) is 1.05. The Bertz CT molecular complexity index is 258. The van der Waals surface area contributed by atoms with E-state index < -0.39 is 6.03 Å². The third-order valence-electron chi connectivity index (χ3n) is 1.22. The van der Waals surface area contributed by atoms with Crippen molar-refractivity contribution in [1.82, 2.24) is 5.43 Å². The lowest BCUT2D eigenvalue weighted by atomic mass is 10.4. The molecule has 0 saturated heterocycles. The van der Waals surface area contributed by atoms with Gasteiger partial charge >= 0.3 is 6.03 Å². The van der Waals surface area contributed by atoms with Crippen LogP contribution in [-0.4, -0.2) is 6.03 Å². The van der Waals surface area contributed by atoms with Crippen LogP contribution in [0, 0.1) is 6.92 Å². The number of urea groups is 1. The van der Waals surface area contributed by atoms with Crippen molar-refractivity contribution in [3.63, 3.8) is 0 Å². The van der Waals surface area contributed by atoms with E-state index in [1.165, 1.54) is 11.3 Å². The van der Waals surface area contributed by atoms with Crippen LogP contribution in [0.25, 0.3) is 0 Å². The van der Waals surface area contributed by atoms with Gasteiger partial charge in [-0.2, -0.15) is 0 Å². The number of anilines is 1. The molecule has 0 aromatic carbocycles. The second-order valence-electron chi connectivity index (χ2n) is 2.03. The summed E-state index contributed by atoms with van der Waals surface area (Å²) < 4.78 is 0. The summed E-state index contributed by atoms with van der Waals surface area (Å²) in [5.41, 5.74) is 3.03. The van der Waals surface area contributed by atoms with Crippen LogP contribution in [0.2, 0.25) is 0 Å². The number of amides is 2. The largest absolute Gasteiger partial charge is 0.333 e. The molecule has 1 aromatic rings. The Morgan fingerprint density at radius 3 is 2.91 bits per heavy atom. The number of carbonyl (C=O) groups excluding carboxylic acids is 1. The topological polar surface area (TPSA) is 67.2 Å². The first-order chi connectivity index (χ1) is 5.24. The highest BCUT2D eigenvalue weighted by molar-refractivity contribution is 7.14. The van der Waals surface area contributed by atoms with E-state index in [0.717, 1.165) is 10.6 Å². The third kappa shape index (κ3) is 1.92. The zero-order valence-corrected chi connectivity index (χ0v) is 6.87. The van der Waals surface area contributed by atoms with Gasteiger partial charge in [0.05, 0.1) is 5.00 Å². The van der Waals surface area contributed by atoms with Crippen LogP contribution in [0.15, 0.2) is 11.4 Å². The predicted molar refractivity (Wildman–Crippen MR) is 45.4 cm³/mol. The van der Waals surface area contributed by atoms with Crippen LogP contribution in [0.3, 0.4) is 0 Å². The Balaban J connectivity index is 2.64.